The predicted molar refractivity (Wildman–Crippen MR) is 89.3 cm³/mol. The van der Waals surface area contributed by atoms with Crippen LogP contribution in [0.1, 0.15) is 48.4 Å². The Morgan fingerprint density at radius 3 is 2.52 bits per heavy atom. The van der Waals surface area contributed by atoms with Crippen molar-refractivity contribution >= 4 is 11.4 Å². The SMILES string of the molecule is CC[C@]12CC[C@H](O1)[C@@H]1C(=O)C(c3c(C)cc(C)cc3C)=C(O)[C@@H]12. The fourth-order valence-electron chi connectivity index (χ4n) is 5.32. The molecule has 3 nitrogen and oxygen atoms in total. The third-order valence-corrected chi connectivity index (χ3v) is 6.19. The van der Waals surface area contributed by atoms with Gasteiger partial charge in [-0.05, 0) is 56.7 Å². The van der Waals surface area contributed by atoms with Crippen LogP contribution in [0.4, 0.5) is 0 Å². The zero-order valence-corrected chi connectivity index (χ0v) is 14.3. The summed E-state index contributed by atoms with van der Waals surface area (Å²) in [5.41, 5.74) is 4.47. The lowest BCUT2D eigenvalue weighted by Gasteiger charge is -2.31. The van der Waals surface area contributed by atoms with E-state index in [1.165, 1.54) is 5.56 Å². The van der Waals surface area contributed by atoms with E-state index in [9.17, 15) is 9.90 Å². The quantitative estimate of drug-likeness (QED) is 0.896. The molecular weight excluding hydrogens is 288 g/mol. The first kappa shape index (κ1) is 14.9. The molecule has 3 aliphatic rings. The second kappa shape index (κ2) is 4.70. The van der Waals surface area contributed by atoms with E-state index in [0.29, 0.717) is 5.57 Å². The molecule has 2 fully saturated rings. The average molecular weight is 312 g/mol. The average Bonchev–Trinajstić information content (AvgIpc) is 3.12. The van der Waals surface area contributed by atoms with E-state index < -0.39 is 0 Å². The highest BCUT2D eigenvalue weighted by atomic mass is 16.5. The van der Waals surface area contributed by atoms with Gasteiger partial charge in [-0.1, -0.05) is 24.6 Å². The summed E-state index contributed by atoms with van der Waals surface area (Å²) < 4.78 is 6.17. The number of fused-ring (bicyclic) bond motifs is 5. The first-order chi connectivity index (χ1) is 10.9. The Labute approximate surface area is 137 Å². The Morgan fingerprint density at radius 2 is 1.91 bits per heavy atom. The zero-order valence-electron chi connectivity index (χ0n) is 14.3. The van der Waals surface area contributed by atoms with Gasteiger partial charge in [0, 0.05) is 0 Å². The van der Waals surface area contributed by atoms with Crippen molar-refractivity contribution in [3.05, 3.63) is 40.1 Å². The van der Waals surface area contributed by atoms with Gasteiger partial charge < -0.3 is 9.84 Å². The highest BCUT2D eigenvalue weighted by Gasteiger charge is 2.65. The second-order valence-corrected chi connectivity index (χ2v) is 7.51. The molecule has 23 heavy (non-hydrogen) atoms. The molecular formula is C20H24O3. The molecule has 0 unspecified atom stereocenters. The van der Waals surface area contributed by atoms with Gasteiger partial charge in [-0.15, -0.1) is 0 Å². The van der Waals surface area contributed by atoms with Crippen LogP contribution in [0.2, 0.25) is 0 Å². The van der Waals surface area contributed by atoms with Gasteiger partial charge in [-0.25, -0.2) is 0 Å². The molecule has 122 valence electrons. The number of ketones is 1. The van der Waals surface area contributed by atoms with Crippen LogP contribution in [0.15, 0.2) is 17.9 Å². The van der Waals surface area contributed by atoms with Crippen LogP contribution in [0.5, 0.6) is 0 Å². The Hall–Kier alpha value is -1.61. The third kappa shape index (κ3) is 1.77. The van der Waals surface area contributed by atoms with Crippen LogP contribution >= 0.6 is 0 Å². The minimum absolute atomic E-state index is 0.0156. The molecule has 0 saturated carbocycles. The molecule has 2 bridgehead atoms. The number of benzene rings is 1. The van der Waals surface area contributed by atoms with E-state index in [1.807, 2.05) is 13.8 Å². The van der Waals surface area contributed by atoms with Crippen molar-refractivity contribution in [2.45, 2.75) is 58.7 Å². The maximum Gasteiger partial charge on any atom is 0.173 e. The van der Waals surface area contributed by atoms with Crippen molar-refractivity contribution in [3.63, 3.8) is 0 Å². The van der Waals surface area contributed by atoms with Crippen LogP contribution in [-0.4, -0.2) is 22.6 Å². The van der Waals surface area contributed by atoms with Crippen LogP contribution in [0, 0.1) is 32.6 Å². The second-order valence-electron chi connectivity index (χ2n) is 7.51. The largest absolute Gasteiger partial charge is 0.511 e. The number of Topliss-reactive ketones (excluding diaryl/α,β-unsaturated/α-hetero) is 1. The summed E-state index contributed by atoms with van der Waals surface area (Å²) in [6, 6.07) is 4.18. The van der Waals surface area contributed by atoms with Gasteiger partial charge in [0.1, 0.15) is 5.76 Å². The van der Waals surface area contributed by atoms with Gasteiger partial charge >= 0.3 is 0 Å². The molecule has 1 aromatic carbocycles. The van der Waals surface area contributed by atoms with Gasteiger partial charge in [-0.2, -0.15) is 0 Å². The molecule has 0 radical (unpaired) electrons. The van der Waals surface area contributed by atoms with Crippen LogP contribution in [0.25, 0.3) is 5.57 Å². The van der Waals surface area contributed by atoms with E-state index in [4.69, 9.17) is 4.74 Å². The standard InChI is InChI=1S/C20H24O3/c1-5-20-7-6-13(23-20)15-17(20)19(22)16(18(15)21)14-11(3)8-10(2)9-12(14)4/h8-9,13,15,17,22H,5-7H2,1-4H3/t13-,15-,17+,20+/m0/s1. The normalized spacial score (nSPS) is 35.3. The smallest absolute Gasteiger partial charge is 0.173 e. The maximum atomic E-state index is 13.1. The number of rotatable bonds is 2. The van der Waals surface area contributed by atoms with Gasteiger partial charge in [0.05, 0.1) is 29.1 Å². The molecule has 3 heteroatoms. The number of ether oxygens (including phenoxy) is 1. The van der Waals surface area contributed by atoms with Crippen molar-refractivity contribution in [2.24, 2.45) is 11.8 Å². The van der Waals surface area contributed by atoms with Gasteiger partial charge in [-0.3, -0.25) is 4.79 Å². The Bertz CT molecular complexity index is 722. The fraction of sp³-hybridized carbons (Fsp3) is 0.550. The zero-order chi connectivity index (χ0) is 16.5. The number of aliphatic hydroxyl groups excluding tert-OH is 1. The van der Waals surface area contributed by atoms with E-state index in [2.05, 4.69) is 26.0 Å². The van der Waals surface area contributed by atoms with Crippen molar-refractivity contribution in [3.8, 4) is 0 Å². The lowest BCUT2D eigenvalue weighted by Crippen LogP contribution is -2.37. The molecule has 2 saturated heterocycles. The third-order valence-electron chi connectivity index (χ3n) is 6.19. The van der Waals surface area contributed by atoms with Gasteiger partial charge in [0.25, 0.3) is 0 Å². The van der Waals surface area contributed by atoms with Crippen LogP contribution < -0.4 is 0 Å². The number of allylic oxidation sites excluding steroid dienone is 1. The molecule has 4 atom stereocenters. The number of hydrogen-bond acceptors (Lipinski definition) is 3. The van der Waals surface area contributed by atoms with Crippen molar-refractivity contribution < 1.29 is 14.6 Å². The highest BCUT2D eigenvalue weighted by molar-refractivity contribution is 6.26. The lowest BCUT2D eigenvalue weighted by molar-refractivity contribution is -0.118. The first-order valence-electron chi connectivity index (χ1n) is 8.63. The minimum Gasteiger partial charge on any atom is -0.511 e. The summed E-state index contributed by atoms with van der Waals surface area (Å²) >= 11 is 0. The Kier molecular flexibility index (Phi) is 3.05. The monoisotopic (exact) mass is 312 g/mol. The predicted octanol–water partition coefficient (Wildman–Crippen LogP) is 4.04. The number of aliphatic hydroxyl groups is 1. The van der Waals surface area contributed by atoms with E-state index in [1.54, 1.807) is 0 Å². The molecule has 2 aliphatic heterocycles. The summed E-state index contributed by atoms with van der Waals surface area (Å²) in [5, 5.41) is 11.0. The summed E-state index contributed by atoms with van der Waals surface area (Å²) in [5.74, 6) is 0.0364. The lowest BCUT2D eigenvalue weighted by atomic mass is 9.71. The number of aryl methyl sites for hydroxylation is 3. The molecule has 0 aromatic heterocycles. The van der Waals surface area contributed by atoms with E-state index >= 15 is 0 Å². The summed E-state index contributed by atoms with van der Waals surface area (Å²) in [7, 11) is 0. The maximum absolute atomic E-state index is 13.1. The minimum atomic E-state index is -0.330. The molecule has 1 N–H and O–H groups in total. The molecule has 4 rings (SSSR count). The van der Waals surface area contributed by atoms with Crippen LogP contribution in [-0.2, 0) is 9.53 Å². The summed E-state index contributed by atoms with van der Waals surface area (Å²) in [6.07, 6.45) is 2.72. The number of hydrogen-bond donors (Lipinski definition) is 1. The Morgan fingerprint density at radius 1 is 1.26 bits per heavy atom. The highest BCUT2D eigenvalue weighted by Crippen LogP contribution is 2.60. The van der Waals surface area contributed by atoms with Crippen molar-refractivity contribution in [1.82, 2.24) is 0 Å². The number of carbonyl (C=O) groups excluding carboxylic acids is 1. The fourth-order valence-corrected chi connectivity index (χ4v) is 5.32. The van der Waals surface area contributed by atoms with Crippen molar-refractivity contribution in [2.75, 3.05) is 0 Å². The molecule has 0 spiro atoms. The summed E-state index contributed by atoms with van der Waals surface area (Å²) in [4.78, 5) is 13.1. The molecule has 1 aliphatic carbocycles. The molecule has 2 heterocycles. The summed E-state index contributed by atoms with van der Waals surface area (Å²) in [6.45, 7) is 8.21. The topological polar surface area (TPSA) is 46.5 Å². The van der Waals surface area contributed by atoms with E-state index in [0.717, 1.165) is 36.0 Å². The first-order valence-corrected chi connectivity index (χ1v) is 8.63. The van der Waals surface area contributed by atoms with Gasteiger partial charge in [0.2, 0.25) is 0 Å². The number of carbonyl (C=O) groups is 1. The Balaban J connectivity index is 1.90. The van der Waals surface area contributed by atoms with Crippen molar-refractivity contribution in [1.29, 1.82) is 0 Å². The van der Waals surface area contributed by atoms with Crippen LogP contribution in [0.3, 0.4) is 0 Å². The van der Waals surface area contributed by atoms with E-state index in [-0.39, 0.29) is 35.1 Å². The van der Waals surface area contributed by atoms with Gasteiger partial charge in [0.15, 0.2) is 5.78 Å². The molecule has 1 aromatic rings. The molecule has 0 amide bonds.